The van der Waals surface area contributed by atoms with E-state index in [4.69, 9.17) is 0 Å². The predicted octanol–water partition coefficient (Wildman–Crippen LogP) is 4.39. The molecular formula is C22H25F3N4O. The maximum absolute atomic E-state index is 13.0. The second kappa shape index (κ2) is 8.26. The number of halogens is 3. The molecule has 0 radical (unpaired) electrons. The van der Waals surface area contributed by atoms with Crippen molar-refractivity contribution in [3.63, 3.8) is 0 Å². The minimum Gasteiger partial charge on any atom is -0.396 e. The molecule has 8 heteroatoms. The Morgan fingerprint density at radius 1 is 1.17 bits per heavy atom. The fraction of sp³-hybridized carbons (Fsp3) is 0.455. The van der Waals surface area contributed by atoms with Crippen molar-refractivity contribution in [1.82, 2.24) is 14.6 Å². The average Bonchev–Trinajstić information content (AvgIpc) is 3.09. The van der Waals surface area contributed by atoms with Crippen LogP contribution in [0, 0.1) is 6.92 Å². The molecule has 3 aromatic rings. The summed E-state index contributed by atoms with van der Waals surface area (Å²) in [5.74, 6) is 0.922. The Morgan fingerprint density at radius 3 is 2.77 bits per heavy atom. The van der Waals surface area contributed by atoms with E-state index in [0.29, 0.717) is 29.7 Å². The van der Waals surface area contributed by atoms with Gasteiger partial charge in [0.25, 0.3) is 0 Å². The van der Waals surface area contributed by atoms with E-state index in [1.807, 2.05) is 19.1 Å². The molecule has 30 heavy (non-hydrogen) atoms. The summed E-state index contributed by atoms with van der Waals surface area (Å²) in [5, 5.41) is 14.1. The van der Waals surface area contributed by atoms with Crippen molar-refractivity contribution in [1.29, 1.82) is 0 Å². The molecule has 0 bridgehead atoms. The number of aryl methyl sites for hydroxylation is 1. The number of fused-ring (bicyclic) bond motifs is 1. The topological polar surface area (TPSA) is 53.7 Å². The lowest BCUT2D eigenvalue weighted by atomic mass is 9.99. The number of alkyl halides is 3. The van der Waals surface area contributed by atoms with E-state index in [1.165, 1.54) is 12.1 Å². The SMILES string of the molecule is Cc1cc(N2CCCCC2CCO)n2nc(Cc3cccc(C(F)(F)F)c3)cc2n1. The van der Waals surface area contributed by atoms with Gasteiger partial charge in [-0.25, -0.2) is 4.98 Å². The Balaban J connectivity index is 1.69. The second-order valence-corrected chi connectivity index (χ2v) is 7.89. The molecule has 5 nitrogen and oxygen atoms in total. The number of aliphatic hydroxyl groups is 1. The summed E-state index contributed by atoms with van der Waals surface area (Å²) in [4.78, 5) is 6.85. The Hall–Kier alpha value is -2.61. The second-order valence-electron chi connectivity index (χ2n) is 7.89. The van der Waals surface area contributed by atoms with Crippen LogP contribution in [-0.2, 0) is 12.6 Å². The van der Waals surface area contributed by atoms with Gasteiger partial charge in [-0.2, -0.15) is 22.8 Å². The van der Waals surface area contributed by atoms with E-state index in [-0.39, 0.29) is 12.6 Å². The first-order valence-corrected chi connectivity index (χ1v) is 10.2. The highest BCUT2D eigenvalue weighted by molar-refractivity contribution is 5.53. The molecule has 1 aliphatic heterocycles. The van der Waals surface area contributed by atoms with Crippen LogP contribution < -0.4 is 4.90 Å². The minimum atomic E-state index is -4.36. The third-order valence-electron chi connectivity index (χ3n) is 5.61. The molecule has 0 amide bonds. The summed E-state index contributed by atoms with van der Waals surface area (Å²) in [6.45, 7) is 2.94. The molecule has 3 heterocycles. The van der Waals surface area contributed by atoms with Gasteiger partial charge in [0.2, 0.25) is 0 Å². The summed E-state index contributed by atoms with van der Waals surface area (Å²) in [6, 6.07) is 9.42. The van der Waals surface area contributed by atoms with E-state index < -0.39 is 11.7 Å². The molecule has 1 aromatic carbocycles. The van der Waals surface area contributed by atoms with Crippen molar-refractivity contribution in [2.24, 2.45) is 0 Å². The molecule has 1 fully saturated rings. The molecule has 4 rings (SSSR count). The third kappa shape index (κ3) is 4.28. The summed E-state index contributed by atoms with van der Waals surface area (Å²) in [7, 11) is 0. The standard InChI is InChI=1S/C22H25F3N4O/c1-15-11-21(28-9-3-2-7-19(28)8-10-30)29-20(26-15)14-18(27-29)13-16-5-4-6-17(12-16)22(23,24)25/h4-6,11-12,14,19,30H,2-3,7-10,13H2,1H3. The average molecular weight is 418 g/mol. The number of benzene rings is 1. The zero-order valence-corrected chi connectivity index (χ0v) is 16.9. The van der Waals surface area contributed by atoms with Crippen LogP contribution in [0.25, 0.3) is 5.65 Å². The molecule has 2 aromatic heterocycles. The number of aromatic nitrogens is 3. The van der Waals surface area contributed by atoms with Crippen LogP contribution in [0.2, 0.25) is 0 Å². The highest BCUT2D eigenvalue weighted by Gasteiger charge is 2.30. The van der Waals surface area contributed by atoms with Crippen LogP contribution in [0.4, 0.5) is 19.0 Å². The summed E-state index contributed by atoms with van der Waals surface area (Å²) >= 11 is 0. The first-order chi connectivity index (χ1) is 14.3. The molecule has 1 aliphatic rings. The van der Waals surface area contributed by atoms with Gasteiger partial charge in [0, 0.05) is 43.4 Å². The molecule has 1 atom stereocenters. The van der Waals surface area contributed by atoms with Gasteiger partial charge in [0.05, 0.1) is 11.3 Å². The molecule has 0 aliphatic carbocycles. The van der Waals surface area contributed by atoms with Crippen molar-refractivity contribution in [3.05, 3.63) is 58.9 Å². The fourth-order valence-electron chi connectivity index (χ4n) is 4.24. The monoisotopic (exact) mass is 418 g/mol. The Kier molecular flexibility index (Phi) is 5.69. The fourth-order valence-corrected chi connectivity index (χ4v) is 4.24. The van der Waals surface area contributed by atoms with Crippen LogP contribution in [0.1, 0.15) is 48.2 Å². The van der Waals surface area contributed by atoms with Gasteiger partial charge in [-0.15, -0.1) is 0 Å². The molecular weight excluding hydrogens is 393 g/mol. The smallest absolute Gasteiger partial charge is 0.396 e. The normalized spacial score (nSPS) is 17.6. The molecule has 0 spiro atoms. The third-order valence-corrected chi connectivity index (χ3v) is 5.61. The van der Waals surface area contributed by atoms with Crippen molar-refractivity contribution in [2.45, 2.75) is 51.2 Å². The number of hydrogen-bond donors (Lipinski definition) is 1. The van der Waals surface area contributed by atoms with Crippen molar-refractivity contribution in [2.75, 3.05) is 18.1 Å². The van der Waals surface area contributed by atoms with Gasteiger partial charge in [-0.1, -0.05) is 18.2 Å². The van der Waals surface area contributed by atoms with Gasteiger partial charge in [0.15, 0.2) is 5.65 Å². The van der Waals surface area contributed by atoms with Gasteiger partial charge in [-0.3, -0.25) is 0 Å². The highest BCUT2D eigenvalue weighted by atomic mass is 19.4. The van der Waals surface area contributed by atoms with E-state index >= 15 is 0 Å². The molecule has 1 unspecified atom stereocenters. The lowest BCUT2D eigenvalue weighted by molar-refractivity contribution is -0.137. The van der Waals surface area contributed by atoms with Crippen molar-refractivity contribution >= 4 is 11.5 Å². The Labute approximate surface area is 173 Å². The number of nitrogens with zero attached hydrogens (tertiary/aromatic N) is 4. The largest absolute Gasteiger partial charge is 0.416 e. The highest BCUT2D eigenvalue weighted by Crippen LogP contribution is 2.31. The van der Waals surface area contributed by atoms with Crippen LogP contribution >= 0.6 is 0 Å². The zero-order valence-electron chi connectivity index (χ0n) is 16.9. The van der Waals surface area contributed by atoms with E-state index in [9.17, 15) is 18.3 Å². The van der Waals surface area contributed by atoms with Gasteiger partial charge < -0.3 is 10.0 Å². The summed E-state index contributed by atoms with van der Waals surface area (Å²) in [6.07, 6.45) is -0.150. The quantitative estimate of drug-likeness (QED) is 0.668. The van der Waals surface area contributed by atoms with Gasteiger partial charge in [0.1, 0.15) is 5.82 Å². The lowest BCUT2D eigenvalue weighted by Gasteiger charge is -2.37. The van der Waals surface area contributed by atoms with E-state index in [2.05, 4.69) is 15.0 Å². The maximum Gasteiger partial charge on any atom is 0.416 e. The Morgan fingerprint density at radius 2 is 2.00 bits per heavy atom. The van der Waals surface area contributed by atoms with Crippen LogP contribution in [-0.4, -0.2) is 38.9 Å². The predicted molar refractivity (Wildman–Crippen MR) is 109 cm³/mol. The van der Waals surface area contributed by atoms with Crippen LogP contribution in [0.15, 0.2) is 36.4 Å². The molecule has 160 valence electrons. The number of anilines is 1. The zero-order chi connectivity index (χ0) is 21.3. The van der Waals surface area contributed by atoms with Gasteiger partial charge in [-0.05, 0) is 44.2 Å². The number of hydrogen-bond acceptors (Lipinski definition) is 4. The maximum atomic E-state index is 13.0. The van der Waals surface area contributed by atoms with E-state index in [1.54, 1.807) is 10.6 Å². The van der Waals surface area contributed by atoms with Crippen molar-refractivity contribution in [3.8, 4) is 0 Å². The first-order valence-electron chi connectivity index (χ1n) is 10.2. The summed E-state index contributed by atoms with van der Waals surface area (Å²) in [5.41, 5.74) is 2.11. The van der Waals surface area contributed by atoms with Gasteiger partial charge >= 0.3 is 6.18 Å². The number of piperidine rings is 1. The van der Waals surface area contributed by atoms with E-state index in [0.717, 1.165) is 43.4 Å². The molecule has 1 saturated heterocycles. The van der Waals surface area contributed by atoms with Crippen LogP contribution in [0.3, 0.4) is 0 Å². The molecule has 1 N–H and O–H groups in total. The first kappa shape index (κ1) is 20.7. The summed E-state index contributed by atoms with van der Waals surface area (Å²) < 4.78 is 40.9. The number of aliphatic hydroxyl groups excluding tert-OH is 1. The van der Waals surface area contributed by atoms with Crippen molar-refractivity contribution < 1.29 is 18.3 Å². The minimum absolute atomic E-state index is 0.133. The lowest BCUT2D eigenvalue weighted by Crippen LogP contribution is -2.41. The van der Waals surface area contributed by atoms with Crippen LogP contribution in [0.5, 0.6) is 0 Å². The number of rotatable bonds is 5. The Bertz CT molecular complexity index is 1030. The molecule has 0 saturated carbocycles.